The molecule has 0 radical (unpaired) electrons. The largest absolute Gasteiger partial charge is 0.505 e. The molecule has 0 fully saturated rings. The van der Waals surface area contributed by atoms with E-state index in [2.05, 4.69) is 20.9 Å². The zero-order chi connectivity index (χ0) is 14.1. The van der Waals surface area contributed by atoms with Crippen molar-refractivity contribution in [1.29, 1.82) is 0 Å². The molecule has 3 aromatic carbocycles. The predicted molar refractivity (Wildman–Crippen MR) is 81.5 cm³/mol. The average Bonchev–Trinajstić information content (AvgIpc) is 2.46. The van der Waals surface area contributed by atoms with Gasteiger partial charge in [0, 0.05) is 4.47 Å². The van der Waals surface area contributed by atoms with E-state index in [1.54, 1.807) is 24.3 Å². The lowest BCUT2D eigenvalue weighted by Gasteiger charge is -2.07. The van der Waals surface area contributed by atoms with Gasteiger partial charge in [0.25, 0.3) is 0 Å². The Balaban J connectivity index is 2.09. The molecule has 20 heavy (non-hydrogen) atoms. The summed E-state index contributed by atoms with van der Waals surface area (Å²) < 4.78 is 0.873. The Morgan fingerprint density at radius 2 is 1.75 bits per heavy atom. The minimum atomic E-state index is -0.228. The van der Waals surface area contributed by atoms with Gasteiger partial charge in [-0.2, -0.15) is 0 Å². The van der Waals surface area contributed by atoms with Crippen LogP contribution in [-0.4, -0.2) is 5.11 Å². The fourth-order valence-corrected chi connectivity index (χ4v) is 2.43. The molecule has 3 rings (SSSR count). The topological polar surface area (TPSA) is 49.7 Å². The lowest BCUT2D eigenvalue weighted by Crippen LogP contribution is -2.33. The van der Waals surface area contributed by atoms with E-state index in [1.165, 1.54) is 0 Å². The Kier molecular flexibility index (Phi) is 3.24. The van der Waals surface area contributed by atoms with Crippen LogP contribution < -0.4 is 10.8 Å². The van der Waals surface area contributed by atoms with Gasteiger partial charge in [0.05, 0.1) is 11.3 Å². The molecular formula is C16H10BrNO2. The van der Waals surface area contributed by atoms with Crippen LogP contribution in [0.2, 0.25) is 0 Å². The quantitative estimate of drug-likeness (QED) is 0.785. The van der Waals surface area contributed by atoms with Gasteiger partial charge in [-0.05, 0) is 23.8 Å². The Morgan fingerprint density at radius 1 is 1.00 bits per heavy atom. The van der Waals surface area contributed by atoms with E-state index in [4.69, 9.17) is 0 Å². The van der Waals surface area contributed by atoms with Gasteiger partial charge in [-0.1, -0.05) is 52.3 Å². The highest BCUT2D eigenvalue weighted by Crippen LogP contribution is 2.25. The highest BCUT2D eigenvalue weighted by molar-refractivity contribution is 9.10. The summed E-state index contributed by atoms with van der Waals surface area (Å²) in [5, 5.41) is 10.2. The molecule has 0 unspecified atom stereocenters. The molecule has 0 saturated carbocycles. The highest BCUT2D eigenvalue weighted by atomic mass is 79.9. The van der Waals surface area contributed by atoms with Crippen molar-refractivity contribution in [3.8, 4) is 16.9 Å². The first-order valence-corrected chi connectivity index (χ1v) is 6.84. The number of nitrogens with zero attached hydrogens (tertiary/aromatic N) is 1. The smallest absolute Gasteiger partial charge is 0.219 e. The van der Waals surface area contributed by atoms with Crippen LogP contribution in [0.4, 0.5) is 5.69 Å². The second-order valence-corrected chi connectivity index (χ2v) is 5.27. The van der Waals surface area contributed by atoms with Crippen LogP contribution in [0.1, 0.15) is 0 Å². The monoisotopic (exact) mass is 327 g/mol. The van der Waals surface area contributed by atoms with Crippen LogP contribution in [0.3, 0.4) is 0 Å². The van der Waals surface area contributed by atoms with Crippen LogP contribution in [0.15, 0.2) is 68.9 Å². The maximum absolute atomic E-state index is 12.1. The third kappa shape index (κ3) is 2.18. The first kappa shape index (κ1) is 12.8. The Morgan fingerprint density at radius 3 is 2.40 bits per heavy atom. The number of hydrogen-bond acceptors (Lipinski definition) is 3. The molecule has 0 atom stereocenters. The van der Waals surface area contributed by atoms with Crippen molar-refractivity contribution in [3.63, 3.8) is 0 Å². The van der Waals surface area contributed by atoms with E-state index in [-0.39, 0.29) is 16.5 Å². The van der Waals surface area contributed by atoms with Gasteiger partial charge >= 0.3 is 0 Å². The number of halogens is 1. The standard InChI is InChI=1S/C16H10BrNO2/c17-11-7-4-8-12(9-11)18-14-15(19)13(16(14)20)10-5-2-1-3-6-10/h1-9,19H. The molecule has 0 aliphatic rings. The first-order valence-electron chi connectivity index (χ1n) is 6.05. The van der Waals surface area contributed by atoms with Gasteiger partial charge in [0.15, 0.2) is 11.1 Å². The first-order chi connectivity index (χ1) is 9.66. The summed E-state index contributed by atoms with van der Waals surface area (Å²) >= 11 is 3.34. The molecule has 0 aromatic heterocycles. The second kappa shape index (κ2) is 5.06. The van der Waals surface area contributed by atoms with Gasteiger partial charge in [-0.3, -0.25) is 4.79 Å². The van der Waals surface area contributed by atoms with E-state index < -0.39 is 0 Å². The zero-order valence-electron chi connectivity index (χ0n) is 10.4. The maximum atomic E-state index is 12.1. The molecule has 0 saturated heterocycles. The normalized spacial score (nSPS) is 11.9. The van der Waals surface area contributed by atoms with E-state index in [9.17, 15) is 9.90 Å². The van der Waals surface area contributed by atoms with Crippen molar-refractivity contribution >= 4 is 21.6 Å². The third-order valence-electron chi connectivity index (χ3n) is 3.01. The summed E-state index contributed by atoms with van der Waals surface area (Å²) in [6.45, 7) is 0. The van der Waals surface area contributed by atoms with Crippen molar-refractivity contribution in [1.82, 2.24) is 0 Å². The van der Waals surface area contributed by atoms with Gasteiger partial charge in [-0.25, -0.2) is 4.99 Å². The summed E-state index contributed by atoms with van der Waals surface area (Å²) in [7, 11) is 0. The van der Waals surface area contributed by atoms with Crippen LogP contribution >= 0.6 is 15.9 Å². The van der Waals surface area contributed by atoms with E-state index in [1.807, 2.05) is 30.3 Å². The van der Waals surface area contributed by atoms with Gasteiger partial charge in [-0.15, -0.1) is 0 Å². The van der Waals surface area contributed by atoms with Crippen molar-refractivity contribution in [2.24, 2.45) is 4.99 Å². The molecule has 0 aliphatic heterocycles. The summed E-state index contributed by atoms with van der Waals surface area (Å²) in [6.07, 6.45) is 0. The van der Waals surface area contributed by atoms with Crippen LogP contribution in [0, 0.1) is 0 Å². The van der Waals surface area contributed by atoms with Crippen LogP contribution in [-0.2, 0) is 0 Å². The highest BCUT2D eigenvalue weighted by Gasteiger charge is 2.19. The van der Waals surface area contributed by atoms with Crippen LogP contribution in [0.25, 0.3) is 11.1 Å². The van der Waals surface area contributed by atoms with E-state index >= 15 is 0 Å². The Labute approximate surface area is 123 Å². The minimum Gasteiger partial charge on any atom is -0.505 e. The molecule has 0 heterocycles. The summed E-state index contributed by atoms with van der Waals surface area (Å²) in [6, 6.07) is 16.4. The zero-order valence-corrected chi connectivity index (χ0v) is 12.0. The molecule has 3 nitrogen and oxygen atoms in total. The molecule has 0 aliphatic carbocycles. The molecule has 3 aromatic rings. The molecule has 98 valence electrons. The SMILES string of the molecule is O=c1c(-c2ccccc2)c(O)c1=Nc1cccc(Br)c1. The molecule has 0 spiro atoms. The van der Waals surface area contributed by atoms with Crippen LogP contribution in [0.5, 0.6) is 5.75 Å². The Hall–Kier alpha value is -2.20. The molecule has 0 amide bonds. The van der Waals surface area contributed by atoms with E-state index in [0.717, 1.165) is 4.47 Å². The molecular weight excluding hydrogens is 318 g/mol. The average molecular weight is 328 g/mol. The lowest BCUT2D eigenvalue weighted by molar-refractivity contribution is 0.463. The maximum Gasteiger partial charge on any atom is 0.219 e. The molecule has 0 bridgehead atoms. The number of aromatic hydroxyl groups is 1. The lowest BCUT2D eigenvalue weighted by atomic mass is 10.00. The Bertz CT molecular complexity index is 846. The fourth-order valence-electron chi connectivity index (χ4n) is 2.04. The van der Waals surface area contributed by atoms with Gasteiger partial charge in [0.2, 0.25) is 5.43 Å². The minimum absolute atomic E-state index is 0.0406. The van der Waals surface area contributed by atoms with Crippen molar-refractivity contribution in [3.05, 3.63) is 74.7 Å². The van der Waals surface area contributed by atoms with E-state index in [0.29, 0.717) is 16.8 Å². The van der Waals surface area contributed by atoms with Gasteiger partial charge < -0.3 is 5.11 Å². The molecule has 4 heteroatoms. The van der Waals surface area contributed by atoms with Crippen molar-refractivity contribution in [2.75, 3.05) is 0 Å². The summed E-state index contributed by atoms with van der Waals surface area (Å²) in [5.74, 6) is -0.0406. The fraction of sp³-hybridized carbons (Fsp3) is 0. The summed E-state index contributed by atoms with van der Waals surface area (Å²) in [5.41, 5.74) is 1.44. The van der Waals surface area contributed by atoms with Crippen molar-refractivity contribution in [2.45, 2.75) is 0 Å². The number of benzene rings is 2. The molecule has 1 N–H and O–H groups in total. The predicted octanol–water partition coefficient (Wildman–Crippen LogP) is 3.29. The van der Waals surface area contributed by atoms with Gasteiger partial charge in [0.1, 0.15) is 0 Å². The number of rotatable bonds is 2. The second-order valence-electron chi connectivity index (χ2n) is 4.36. The summed E-state index contributed by atoms with van der Waals surface area (Å²) in [4.78, 5) is 16.3. The van der Waals surface area contributed by atoms with Crippen molar-refractivity contribution < 1.29 is 5.11 Å². The third-order valence-corrected chi connectivity index (χ3v) is 3.51. The number of hydrogen-bond donors (Lipinski definition) is 1.